The molecule has 0 spiro atoms. The topological polar surface area (TPSA) is 84.1 Å². The van der Waals surface area contributed by atoms with E-state index < -0.39 is 11.9 Å². The van der Waals surface area contributed by atoms with Gasteiger partial charge in [0.1, 0.15) is 0 Å². The van der Waals surface area contributed by atoms with Crippen LogP contribution in [-0.2, 0) is 9.53 Å². The lowest BCUT2D eigenvalue weighted by atomic mass is 10.2. The van der Waals surface area contributed by atoms with Crippen LogP contribution < -0.4 is 5.32 Å². The molecule has 1 aromatic carbocycles. The van der Waals surface area contributed by atoms with Gasteiger partial charge in [0.05, 0.1) is 5.56 Å². The van der Waals surface area contributed by atoms with E-state index in [1.54, 1.807) is 30.3 Å². The van der Waals surface area contributed by atoms with E-state index in [0.717, 1.165) is 5.69 Å². The number of rotatable bonds is 4. The van der Waals surface area contributed by atoms with Gasteiger partial charge in [-0.1, -0.05) is 12.1 Å². The summed E-state index contributed by atoms with van der Waals surface area (Å²) >= 11 is 3.24. The number of aryl methyl sites for hydroxylation is 1. The van der Waals surface area contributed by atoms with Gasteiger partial charge in [-0.25, -0.2) is 4.79 Å². The van der Waals surface area contributed by atoms with E-state index in [9.17, 15) is 9.59 Å². The standard InChI is InChI=1S/C13H12BrN3O3/c1-8-6-11(17-16-8)15-12(18)7-20-13(19)9-4-2-3-5-10(9)14/h2-6H,7H2,1H3,(H2,15,16,17,18). The van der Waals surface area contributed by atoms with Crippen molar-refractivity contribution in [3.63, 3.8) is 0 Å². The highest BCUT2D eigenvalue weighted by atomic mass is 79.9. The van der Waals surface area contributed by atoms with Crippen molar-refractivity contribution >= 4 is 33.6 Å². The van der Waals surface area contributed by atoms with Gasteiger partial charge in [-0.05, 0) is 35.0 Å². The Labute approximate surface area is 123 Å². The first-order valence-corrected chi connectivity index (χ1v) is 6.59. The summed E-state index contributed by atoms with van der Waals surface area (Å²) in [4.78, 5) is 23.4. The number of ether oxygens (including phenoxy) is 1. The van der Waals surface area contributed by atoms with E-state index in [0.29, 0.717) is 15.9 Å². The SMILES string of the molecule is Cc1cc(NC(=O)COC(=O)c2ccccc2Br)n[nH]1. The zero-order chi connectivity index (χ0) is 14.5. The minimum atomic E-state index is -0.564. The van der Waals surface area contributed by atoms with Crippen molar-refractivity contribution in [3.8, 4) is 0 Å². The third-order valence-electron chi connectivity index (χ3n) is 2.40. The molecule has 0 bridgehead atoms. The Kier molecular flexibility index (Phi) is 4.52. The van der Waals surface area contributed by atoms with Gasteiger partial charge in [0.2, 0.25) is 0 Å². The van der Waals surface area contributed by atoms with Crippen LogP contribution in [0, 0.1) is 6.92 Å². The molecule has 1 heterocycles. The summed E-state index contributed by atoms with van der Waals surface area (Å²) in [6.45, 7) is 1.45. The van der Waals surface area contributed by atoms with Crippen molar-refractivity contribution in [2.24, 2.45) is 0 Å². The highest BCUT2D eigenvalue weighted by Gasteiger charge is 2.13. The molecule has 1 aromatic heterocycles. The predicted molar refractivity (Wildman–Crippen MR) is 76.4 cm³/mol. The molecule has 0 aliphatic rings. The largest absolute Gasteiger partial charge is 0.452 e. The Morgan fingerprint density at radius 3 is 2.80 bits per heavy atom. The van der Waals surface area contributed by atoms with Crippen LogP contribution in [0.15, 0.2) is 34.8 Å². The molecule has 0 aliphatic carbocycles. The first kappa shape index (κ1) is 14.3. The van der Waals surface area contributed by atoms with Gasteiger partial charge in [-0.3, -0.25) is 9.89 Å². The number of carbonyl (C=O) groups is 2. The van der Waals surface area contributed by atoms with E-state index in [4.69, 9.17) is 4.74 Å². The van der Waals surface area contributed by atoms with Gasteiger partial charge in [0.25, 0.3) is 5.91 Å². The molecule has 0 radical (unpaired) electrons. The number of hydrogen-bond acceptors (Lipinski definition) is 4. The molecule has 1 amide bonds. The number of aromatic amines is 1. The van der Waals surface area contributed by atoms with Crippen molar-refractivity contribution in [1.82, 2.24) is 10.2 Å². The van der Waals surface area contributed by atoms with E-state index in [2.05, 4.69) is 31.4 Å². The molecular weight excluding hydrogens is 326 g/mol. The third-order valence-corrected chi connectivity index (χ3v) is 3.09. The Balaban J connectivity index is 1.87. The van der Waals surface area contributed by atoms with E-state index in [1.165, 1.54) is 0 Å². The monoisotopic (exact) mass is 337 g/mol. The average Bonchev–Trinajstić information content (AvgIpc) is 2.82. The minimum Gasteiger partial charge on any atom is -0.452 e. The quantitative estimate of drug-likeness (QED) is 0.838. The summed E-state index contributed by atoms with van der Waals surface area (Å²) in [6.07, 6.45) is 0. The van der Waals surface area contributed by atoms with Crippen LogP contribution in [0.3, 0.4) is 0 Å². The maximum atomic E-state index is 11.8. The van der Waals surface area contributed by atoms with Crippen LogP contribution in [0.25, 0.3) is 0 Å². The van der Waals surface area contributed by atoms with Gasteiger partial charge >= 0.3 is 5.97 Å². The van der Waals surface area contributed by atoms with Gasteiger partial charge in [-0.15, -0.1) is 0 Å². The second kappa shape index (κ2) is 6.33. The van der Waals surface area contributed by atoms with E-state index >= 15 is 0 Å². The van der Waals surface area contributed by atoms with Crippen molar-refractivity contribution in [1.29, 1.82) is 0 Å². The number of hydrogen-bond donors (Lipinski definition) is 2. The first-order valence-electron chi connectivity index (χ1n) is 5.80. The number of halogens is 1. The lowest BCUT2D eigenvalue weighted by molar-refractivity contribution is -0.119. The zero-order valence-corrected chi connectivity index (χ0v) is 12.2. The van der Waals surface area contributed by atoms with Crippen LogP contribution in [0.5, 0.6) is 0 Å². The number of amides is 1. The van der Waals surface area contributed by atoms with Crippen molar-refractivity contribution in [3.05, 3.63) is 46.1 Å². The number of carbonyl (C=O) groups excluding carboxylic acids is 2. The Hall–Kier alpha value is -2.15. The Morgan fingerprint density at radius 2 is 2.15 bits per heavy atom. The molecule has 6 nitrogen and oxygen atoms in total. The summed E-state index contributed by atoms with van der Waals surface area (Å²) < 4.78 is 5.55. The second-order valence-electron chi connectivity index (χ2n) is 4.04. The molecule has 7 heteroatoms. The molecule has 0 saturated heterocycles. The molecule has 0 aliphatic heterocycles. The Morgan fingerprint density at radius 1 is 1.40 bits per heavy atom. The number of esters is 1. The molecular formula is C13H12BrN3O3. The van der Waals surface area contributed by atoms with Crippen molar-refractivity contribution in [2.75, 3.05) is 11.9 Å². The summed E-state index contributed by atoms with van der Waals surface area (Å²) in [5, 5.41) is 9.06. The summed E-state index contributed by atoms with van der Waals surface area (Å²) in [5.41, 5.74) is 1.20. The number of aromatic nitrogens is 2. The molecule has 0 unspecified atom stereocenters. The summed E-state index contributed by atoms with van der Waals surface area (Å²) in [5.74, 6) is -0.618. The molecule has 104 valence electrons. The molecule has 2 aromatic rings. The molecule has 20 heavy (non-hydrogen) atoms. The van der Waals surface area contributed by atoms with E-state index in [1.807, 2.05) is 6.92 Å². The highest BCUT2D eigenvalue weighted by molar-refractivity contribution is 9.10. The summed E-state index contributed by atoms with van der Waals surface area (Å²) in [6, 6.07) is 8.51. The normalized spacial score (nSPS) is 10.1. The fourth-order valence-corrected chi connectivity index (χ4v) is 1.94. The molecule has 0 atom stereocenters. The predicted octanol–water partition coefficient (Wildman–Crippen LogP) is 2.28. The number of benzene rings is 1. The van der Waals surface area contributed by atoms with Crippen LogP contribution in [0.2, 0.25) is 0 Å². The minimum absolute atomic E-state index is 0.369. The van der Waals surface area contributed by atoms with Gasteiger partial charge < -0.3 is 10.1 Å². The molecule has 0 fully saturated rings. The average molecular weight is 338 g/mol. The number of nitrogens with zero attached hydrogens (tertiary/aromatic N) is 1. The fourth-order valence-electron chi connectivity index (χ4n) is 1.50. The number of anilines is 1. The van der Waals surface area contributed by atoms with Crippen LogP contribution >= 0.6 is 15.9 Å². The molecule has 2 N–H and O–H groups in total. The van der Waals surface area contributed by atoms with Crippen LogP contribution in [0.1, 0.15) is 16.1 Å². The lowest BCUT2D eigenvalue weighted by Crippen LogP contribution is -2.21. The zero-order valence-electron chi connectivity index (χ0n) is 10.6. The second-order valence-corrected chi connectivity index (χ2v) is 4.89. The first-order chi connectivity index (χ1) is 9.56. The van der Waals surface area contributed by atoms with Gasteiger partial charge in [-0.2, -0.15) is 5.10 Å². The maximum Gasteiger partial charge on any atom is 0.339 e. The maximum absolute atomic E-state index is 11.8. The van der Waals surface area contributed by atoms with Crippen LogP contribution in [-0.4, -0.2) is 28.7 Å². The van der Waals surface area contributed by atoms with Crippen molar-refractivity contribution < 1.29 is 14.3 Å². The molecule has 0 saturated carbocycles. The third kappa shape index (κ3) is 3.67. The lowest BCUT2D eigenvalue weighted by Gasteiger charge is -2.05. The van der Waals surface area contributed by atoms with E-state index in [-0.39, 0.29) is 6.61 Å². The highest BCUT2D eigenvalue weighted by Crippen LogP contribution is 2.16. The fraction of sp³-hybridized carbons (Fsp3) is 0.154. The van der Waals surface area contributed by atoms with Gasteiger partial charge in [0.15, 0.2) is 12.4 Å². The van der Waals surface area contributed by atoms with Crippen molar-refractivity contribution in [2.45, 2.75) is 6.92 Å². The number of nitrogens with one attached hydrogen (secondary N) is 2. The van der Waals surface area contributed by atoms with Gasteiger partial charge in [0, 0.05) is 16.2 Å². The van der Waals surface area contributed by atoms with Crippen LogP contribution in [0.4, 0.5) is 5.82 Å². The number of H-pyrrole nitrogens is 1. The Bertz CT molecular complexity index is 639. The summed E-state index contributed by atoms with van der Waals surface area (Å²) in [7, 11) is 0. The smallest absolute Gasteiger partial charge is 0.339 e. The molecule has 2 rings (SSSR count).